The van der Waals surface area contributed by atoms with E-state index < -0.39 is 22.0 Å². The summed E-state index contributed by atoms with van der Waals surface area (Å²) in [5.41, 5.74) is 5.85. The lowest BCUT2D eigenvalue weighted by Gasteiger charge is -2.32. The highest BCUT2D eigenvalue weighted by Gasteiger charge is 2.51. The van der Waals surface area contributed by atoms with Crippen molar-refractivity contribution in [3.8, 4) is 5.75 Å². The number of rotatable bonds is 3. The Labute approximate surface area is 162 Å². The van der Waals surface area contributed by atoms with Crippen LogP contribution in [-0.4, -0.2) is 43.2 Å². The number of carbonyl (C=O) groups is 2. The number of primary amides is 1. The molecule has 8 nitrogen and oxygen atoms in total. The molecule has 1 saturated carbocycles. The van der Waals surface area contributed by atoms with E-state index in [1.165, 1.54) is 16.4 Å². The molecule has 1 aromatic rings. The monoisotopic (exact) mass is 413 g/mol. The van der Waals surface area contributed by atoms with Crippen molar-refractivity contribution in [3.05, 3.63) is 17.2 Å². The summed E-state index contributed by atoms with van der Waals surface area (Å²) in [5.74, 6) is -0.635. The van der Waals surface area contributed by atoms with Crippen LogP contribution in [0, 0.1) is 5.92 Å². The summed E-state index contributed by atoms with van der Waals surface area (Å²) in [6.45, 7) is -0.202. The molecule has 1 aliphatic carbocycles. The lowest BCUT2D eigenvalue weighted by molar-refractivity contribution is -0.121. The first-order valence-corrected chi connectivity index (χ1v) is 10.7. The van der Waals surface area contributed by atoms with Crippen LogP contribution >= 0.6 is 11.6 Å². The van der Waals surface area contributed by atoms with E-state index in [9.17, 15) is 18.0 Å². The zero-order valence-corrected chi connectivity index (χ0v) is 16.1. The standard InChI is InChI=1S/C17H20ClN3O5S/c18-10-6-11-14(26-8-16(22)20-11)7-15(10)27(24,25)21-12-4-2-1-3-9(12)5-13(21)17(19)23/h6-7,9,12-13H,1-5,8H2,(H2,19,23)(H,20,22)/t9-,12-,13-/m0/s1. The third-order valence-electron chi connectivity index (χ3n) is 5.58. The van der Waals surface area contributed by atoms with Gasteiger partial charge in [-0.25, -0.2) is 8.42 Å². The van der Waals surface area contributed by atoms with Crippen molar-refractivity contribution in [2.24, 2.45) is 11.7 Å². The summed E-state index contributed by atoms with van der Waals surface area (Å²) in [5, 5.41) is 2.55. The molecule has 2 aliphatic heterocycles. The van der Waals surface area contributed by atoms with Crippen molar-refractivity contribution in [3.63, 3.8) is 0 Å². The van der Waals surface area contributed by atoms with Crippen LogP contribution < -0.4 is 15.8 Å². The van der Waals surface area contributed by atoms with E-state index >= 15 is 0 Å². The number of halogens is 1. The zero-order chi connectivity index (χ0) is 19.3. The lowest BCUT2D eigenvalue weighted by atomic mass is 9.85. The molecular weight excluding hydrogens is 394 g/mol. The minimum atomic E-state index is -4.07. The van der Waals surface area contributed by atoms with Gasteiger partial charge in [0.05, 0.1) is 10.7 Å². The summed E-state index contributed by atoms with van der Waals surface area (Å²) in [7, 11) is -4.07. The van der Waals surface area contributed by atoms with Gasteiger partial charge in [-0.1, -0.05) is 24.4 Å². The summed E-state index contributed by atoms with van der Waals surface area (Å²) >= 11 is 6.25. The number of nitrogens with one attached hydrogen (secondary N) is 1. The Morgan fingerprint density at radius 1 is 1.30 bits per heavy atom. The average molecular weight is 414 g/mol. The molecule has 0 bridgehead atoms. The molecule has 0 aromatic heterocycles. The molecule has 27 heavy (non-hydrogen) atoms. The maximum atomic E-state index is 13.5. The highest BCUT2D eigenvalue weighted by Crippen LogP contribution is 2.45. The number of hydrogen-bond acceptors (Lipinski definition) is 5. The number of sulfonamides is 1. The Kier molecular flexibility index (Phi) is 4.56. The van der Waals surface area contributed by atoms with Crippen LogP contribution in [0.15, 0.2) is 17.0 Å². The summed E-state index contributed by atoms with van der Waals surface area (Å²) in [4.78, 5) is 23.3. The Balaban J connectivity index is 1.78. The van der Waals surface area contributed by atoms with E-state index in [4.69, 9.17) is 22.1 Å². The van der Waals surface area contributed by atoms with Gasteiger partial charge in [0.15, 0.2) is 6.61 Å². The fraction of sp³-hybridized carbons (Fsp3) is 0.529. The second-order valence-corrected chi connectivity index (χ2v) is 9.44. The van der Waals surface area contributed by atoms with Gasteiger partial charge in [0, 0.05) is 12.1 Å². The van der Waals surface area contributed by atoms with Crippen LogP contribution in [0.4, 0.5) is 5.69 Å². The van der Waals surface area contributed by atoms with Crippen molar-refractivity contribution in [2.75, 3.05) is 11.9 Å². The van der Waals surface area contributed by atoms with Crippen molar-refractivity contribution in [1.29, 1.82) is 0 Å². The van der Waals surface area contributed by atoms with E-state index in [1.807, 2.05) is 0 Å². The number of anilines is 1. The molecule has 4 rings (SSSR count). The highest BCUT2D eigenvalue weighted by atomic mass is 35.5. The van der Waals surface area contributed by atoms with Crippen LogP contribution in [0.1, 0.15) is 32.1 Å². The molecule has 3 atom stereocenters. The second kappa shape index (κ2) is 6.65. The molecule has 1 aromatic carbocycles. The van der Waals surface area contributed by atoms with Gasteiger partial charge in [-0.3, -0.25) is 9.59 Å². The van der Waals surface area contributed by atoms with Gasteiger partial charge in [-0.2, -0.15) is 4.31 Å². The fourth-order valence-electron chi connectivity index (χ4n) is 4.40. The minimum Gasteiger partial charge on any atom is -0.482 e. The van der Waals surface area contributed by atoms with Gasteiger partial charge < -0.3 is 15.8 Å². The van der Waals surface area contributed by atoms with Crippen LogP contribution in [0.5, 0.6) is 5.75 Å². The van der Waals surface area contributed by atoms with Crippen LogP contribution in [0.2, 0.25) is 5.02 Å². The smallest absolute Gasteiger partial charge is 0.262 e. The molecular formula is C17H20ClN3O5S. The highest BCUT2D eigenvalue weighted by molar-refractivity contribution is 7.89. The number of nitrogens with two attached hydrogens (primary N) is 1. The predicted molar refractivity (Wildman–Crippen MR) is 97.9 cm³/mol. The summed E-state index contributed by atoms with van der Waals surface area (Å²) in [6, 6.07) is 1.53. The van der Waals surface area contributed by atoms with Crippen LogP contribution in [0.3, 0.4) is 0 Å². The molecule has 10 heteroatoms. The second-order valence-electron chi connectivity index (χ2n) is 7.22. The Morgan fingerprint density at radius 3 is 2.78 bits per heavy atom. The van der Waals surface area contributed by atoms with Gasteiger partial charge in [0.25, 0.3) is 5.91 Å². The van der Waals surface area contributed by atoms with E-state index in [0.29, 0.717) is 18.5 Å². The third kappa shape index (κ3) is 3.07. The molecule has 2 fully saturated rings. The molecule has 1 saturated heterocycles. The number of fused-ring (bicyclic) bond motifs is 2. The maximum Gasteiger partial charge on any atom is 0.262 e. The largest absolute Gasteiger partial charge is 0.482 e. The van der Waals surface area contributed by atoms with Gasteiger partial charge in [0.1, 0.15) is 16.7 Å². The number of carbonyl (C=O) groups excluding carboxylic acids is 2. The van der Waals surface area contributed by atoms with E-state index in [1.54, 1.807) is 0 Å². The first-order valence-electron chi connectivity index (χ1n) is 8.88. The fourth-order valence-corrected chi connectivity index (χ4v) is 6.80. The molecule has 2 heterocycles. The van der Waals surface area contributed by atoms with Gasteiger partial charge in [-0.15, -0.1) is 0 Å². The van der Waals surface area contributed by atoms with Crippen LogP contribution in [-0.2, 0) is 19.6 Å². The number of ether oxygens (including phenoxy) is 1. The van der Waals surface area contributed by atoms with Crippen molar-refractivity contribution in [2.45, 2.75) is 49.1 Å². The van der Waals surface area contributed by atoms with Gasteiger partial charge in [0.2, 0.25) is 15.9 Å². The normalized spacial score (nSPS) is 28.0. The first-order chi connectivity index (χ1) is 12.8. The molecule has 0 radical (unpaired) electrons. The van der Waals surface area contributed by atoms with E-state index in [0.717, 1.165) is 19.3 Å². The first kappa shape index (κ1) is 18.5. The molecule has 3 aliphatic rings. The molecule has 3 N–H and O–H groups in total. The third-order valence-corrected chi connectivity index (χ3v) is 7.98. The van der Waals surface area contributed by atoms with Crippen molar-refractivity contribution < 1.29 is 22.7 Å². The average Bonchev–Trinajstić information content (AvgIpc) is 3.01. The Morgan fingerprint density at radius 2 is 2.04 bits per heavy atom. The number of amides is 2. The molecule has 2 amide bonds. The molecule has 146 valence electrons. The maximum absolute atomic E-state index is 13.5. The van der Waals surface area contributed by atoms with Gasteiger partial charge in [-0.05, 0) is 31.2 Å². The predicted octanol–water partition coefficient (Wildman–Crippen LogP) is 1.48. The zero-order valence-electron chi connectivity index (χ0n) is 14.5. The van der Waals surface area contributed by atoms with E-state index in [-0.39, 0.29) is 40.1 Å². The molecule has 0 spiro atoms. The van der Waals surface area contributed by atoms with Gasteiger partial charge >= 0.3 is 0 Å². The van der Waals surface area contributed by atoms with E-state index in [2.05, 4.69) is 5.32 Å². The topological polar surface area (TPSA) is 119 Å². The van der Waals surface area contributed by atoms with Crippen LogP contribution in [0.25, 0.3) is 0 Å². The number of hydrogen-bond donors (Lipinski definition) is 2. The minimum absolute atomic E-state index is 0.0398. The van der Waals surface area contributed by atoms with Crippen molar-refractivity contribution in [1.82, 2.24) is 4.31 Å². The summed E-state index contributed by atoms with van der Waals surface area (Å²) < 4.78 is 33.5. The Hall–Kier alpha value is -1.84. The quantitative estimate of drug-likeness (QED) is 0.777. The number of benzene rings is 1. The SMILES string of the molecule is NC(=O)[C@@H]1C[C@@H]2CCCC[C@@H]2N1S(=O)(=O)c1cc2c(cc1Cl)NC(=O)CO2. The van der Waals surface area contributed by atoms with Crippen molar-refractivity contribution >= 4 is 39.1 Å². The summed E-state index contributed by atoms with van der Waals surface area (Å²) in [6.07, 6.45) is 3.95. The lowest BCUT2D eigenvalue weighted by Crippen LogP contribution is -2.48. The number of nitrogens with zero attached hydrogens (tertiary/aromatic N) is 1. The Bertz CT molecular complexity index is 919. The molecule has 0 unspecified atom stereocenters.